The third-order valence-electron chi connectivity index (χ3n) is 2.17. The van der Waals surface area contributed by atoms with Crippen molar-refractivity contribution in [2.24, 2.45) is 0 Å². The highest BCUT2D eigenvalue weighted by Crippen LogP contribution is 2.09. The molecule has 0 atom stereocenters. The molecule has 0 spiro atoms. The molecule has 0 bridgehead atoms. The van der Waals surface area contributed by atoms with Crippen molar-refractivity contribution in [3.63, 3.8) is 0 Å². The molecule has 0 unspecified atom stereocenters. The Hall–Kier alpha value is -1.68. The van der Waals surface area contributed by atoms with Crippen molar-refractivity contribution in [3.8, 4) is 0 Å². The number of hydrogen-bond acceptors (Lipinski definition) is 3. The number of pyridine rings is 1. The monoisotopic (exact) mass is 203 g/mol. The molecule has 2 rings (SSSR count). The molecule has 2 heterocycles. The topological polar surface area (TPSA) is 37.6 Å². The molecule has 0 aliphatic rings. The lowest BCUT2D eigenvalue weighted by molar-refractivity contribution is 0.0955. The summed E-state index contributed by atoms with van der Waals surface area (Å²) < 4.78 is 1.85. The maximum Gasteiger partial charge on any atom is 0.197 e. The van der Waals surface area contributed by atoms with E-state index in [0.29, 0.717) is 12.2 Å². The minimum atomic E-state index is 0.0497. The Morgan fingerprint density at radius 3 is 3.00 bits per heavy atom. The summed E-state index contributed by atoms with van der Waals surface area (Å²) in [6, 6.07) is 5.72. The van der Waals surface area contributed by atoms with Gasteiger partial charge in [-0.3, -0.25) is 4.79 Å². The van der Waals surface area contributed by atoms with Crippen LogP contribution in [0.25, 0.3) is 5.52 Å². The van der Waals surface area contributed by atoms with E-state index in [1.54, 1.807) is 6.33 Å². The van der Waals surface area contributed by atoms with E-state index in [-0.39, 0.29) is 5.78 Å². The lowest BCUT2D eigenvalue weighted by Crippen LogP contribution is -2.22. The average Bonchev–Trinajstić information content (AvgIpc) is 2.59. The summed E-state index contributed by atoms with van der Waals surface area (Å²) in [5.41, 5.74) is 1.41. The van der Waals surface area contributed by atoms with Gasteiger partial charge in [-0.2, -0.15) is 0 Å². The Bertz CT molecular complexity index is 487. The van der Waals surface area contributed by atoms with E-state index >= 15 is 0 Å². The predicted octanol–water partition coefficient (Wildman–Crippen LogP) is 1.08. The van der Waals surface area contributed by atoms with Gasteiger partial charge in [-0.05, 0) is 26.2 Å². The number of hydrogen-bond donors (Lipinski definition) is 0. The summed E-state index contributed by atoms with van der Waals surface area (Å²) in [5, 5.41) is 0. The highest BCUT2D eigenvalue weighted by molar-refractivity contribution is 6.01. The number of rotatable bonds is 3. The molecule has 0 fully saturated rings. The van der Waals surface area contributed by atoms with E-state index in [1.807, 2.05) is 47.8 Å². The Balaban J connectivity index is 2.40. The molecule has 4 heteroatoms. The van der Waals surface area contributed by atoms with E-state index in [0.717, 1.165) is 5.52 Å². The van der Waals surface area contributed by atoms with E-state index in [9.17, 15) is 4.79 Å². The van der Waals surface area contributed by atoms with Crippen LogP contribution in [0.5, 0.6) is 0 Å². The Kier molecular flexibility index (Phi) is 2.51. The second-order valence-electron chi connectivity index (χ2n) is 3.75. The van der Waals surface area contributed by atoms with Gasteiger partial charge in [-0.15, -0.1) is 0 Å². The molecule has 4 nitrogen and oxygen atoms in total. The smallest absolute Gasteiger partial charge is 0.197 e. The summed E-state index contributed by atoms with van der Waals surface area (Å²) >= 11 is 0. The molecule has 0 saturated heterocycles. The zero-order valence-corrected chi connectivity index (χ0v) is 8.84. The predicted molar refractivity (Wildman–Crippen MR) is 58.1 cm³/mol. The van der Waals surface area contributed by atoms with E-state index in [2.05, 4.69) is 4.98 Å². The third kappa shape index (κ3) is 1.89. The molecular weight excluding hydrogens is 190 g/mol. The lowest BCUT2D eigenvalue weighted by Gasteiger charge is -2.06. The van der Waals surface area contributed by atoms with Crippen molar-refractivity contribution in [1.82, 2.24) is 14.3 Å². The number of carbonyl (C=O) groups is 1. The van der Waals surface area contributed by atoms with Crippen LogP contribution in [0.4, 0.5) is 0 Å². The number of fused-ring (bicyclic) bond motifs is 1. The van der Waals surface area contributed by atoms with Crippen LogP contribution in [0.1, 0.15) is 10.5 Å². The van der Waals surface area contributed by atoms with Crippen LogP contribution in [0, 0.1) is 0 Å². The van der Waals surface area contributed by atoms with Crippen LogP contribution in [0.3, 0.4) is 0 Å². The minimum absolute atomic E-state index is 0.0497. The zero-order valence-electron chi connectivity index (χ0n) is 8.84. The average molecular weight is 203 g/mol. The first-order valence-electron chi connectivity index (χ1n) is 4.78. The van der Waals surface area contributed by atoms with Crippen molar-refractivity contribution in [2.45, 2.75) is 0 Å². The first-order valence-corrected chi connectivity index (χ1v) is 4.78. The molecule has 0 saturated carbocycles. The van der Waals surface area contributed by atoms with Gasteiger partial charge >= 0.3 is 0 Å². The number of carbonyl (C=O) groups excluding carboxylic acids is 1. The van der Waals surface area contributed by atoms with Crippen LogP contribution >= 0.6 is 0 Å². The number of likely N-dealkylation sites (N-methyl/N-ethyl adjacent to an activating group) is 1. The molecule has 2 aromatic heterocycles. The van der Waals surface area contributed by atoms with E-state index in [1.165, 1.54) is 0 Å². The molecule has 78 valence electrons. The number of aromatic nitrogens is 2. The molecule has 0 N–H and O–H groups in total. The normalized spacial score (nSPS) is 11.1. The van der Waals surface area contributed by atoms with Crippen molar-refractivity contribution < 1.29 is 4.79 Å². The van der Waals surface area contributed by atoms with E-state index < -0.39 is 0 Å². The summed E-state index contributed by atoms with van der Waals surface area (Å²) in [6.07, 6.45) is 3.55. The van der Waals surface area contributed by atoms with Gasteiger partial charge in [0, 0.05) is 6.20 Å². The summed E-state index contributed by atoms with van der Waals surface area (Å²) in [7, 11) is 3.74. The Labute approximate surface area is 88.2 Å². The van der Waals surface area contributed by atoms with Gasteiger partial charge in [0.05, 0.1) is 12.1 Å². The van der Waals surface area contributed by atoms with Crippen LogP contribution in [0.15, 0.2) is 30.7 Å². The van der Waals surface area contributed by atoms with Gasteiger partial charge in [-0.25, -0.2) is 4.98 Å². The Morgan fingerprint density at radius 1 is 1.47 bits per heavy atom. The quantitative estimate of drug-likeness (QED) is 0.700. The number of ketones is 1. The number of Topliss-reactive ketones (excluding diaryl/α,β-unsaturated/α-hetero) is 1. The van der Waals surface area contributed by atoms with Crippen molar-refractivity contribution in [2.75, 3.05) is 20.6 Å². The van der Waals surface area contributed by atoms with Gasteiger partial charge < -0.3 is 9.30 Å². The summed E-state index contributed by atoms with van der Waals surface area (Å²) in [4.78, 5) is 17.8. The molecule has 0 aliphatic carbocycles. The van der Waals surface area contributed by atoms with Crippen molar-refractivity contribution in [1.29, 1.82) is 0 Å². The molecule has 15 heavy (non-hydrogen) atoms. The largest absolute Gasteiger partial charge is 0.306 e. The van der Waals surface area contributed by atoms with Gasteiger partial charge in [0.25, 0.3) is 0 Å². The van der Waals surface area contributed by atoms with Gasteiger partial charge in [0.1, 0.15) is 12.0 Å². The van der Waals surface area contributed by atoms with Gasteiger partial charge in [0.2, 0.25) is 0 Å². The first-order chi connectivity index (χ1) is 7.18. The molecule has 2 aromatic rings. The lowest BCUT2D eigenvalue weighted by atomic mass is 10.2. The van der Waals surface area contributed by atoms with Crippen LogP contribution in [0.2, 0.25) is 0 Å². The van der Waals surface area contributed by atoms with Crippen LogP contribution in [-0.4, -0.2) is 40.7 Å². The maximum atomic E-state index is 11.8. The first kappa shape index (κ1) is 9.86. The summed E-state index contributed by atoms with van der Waals surface area (Å²) in [6.45, 7) is 0.390. The fourth-order valence-corrected chi connectivity index (χ4v) is 1.52. The van der Waals surface area contributed by atoms with Crippen molar-refractivity contribution in [3.05, 3.63) is 36.4 Å². The fraction of sp³-hybridized carbons (Fsp3) is 0.273. The minimum Gasteiger partial charge on any atom is -0.306 e. The SMILES string of the molecule is CN(C)CC(=O)c1ncn2ccccc12. The highest BCUT2D eigenvalue weighted by atomic mass is 16.1. The third-order valence-corrected chi connectivity index (χ3v) is 2.17. The second-order valence-corrected chi connectivity index (χ2v) is 3.75. The van der Waals surface area contributed by atoms with Crippen LogP contribution < -0.4 is 0 Å². The molecule has 0 aliphatic heterocycles. The molecular formula is C11H13N3O. The summed E-state index contributed by atoms with van der Waals surface area (Å²) in [5.74, 6) is 0.0497. The Morgan fingerprint density at radius 2 is 2.27 bits per heavy atom. The zero-order chi connectivity index (χ0) is 10.8. The highest BCUT2D eigenvalue weighted by Gasteiger charge is 2.13. The second kappa shape index (κ2) is 3.82. The fourth-order valence-electron chi connectivity index (χ4n) is 1.52. The number of nitrogens with zero attached hydrogens (tertiary/aromatic N) is 3. The van der Waals surface area contributed by atoms with E-state index in [4.69, 9.17) is 0 Å². The van der Waals surface area contributed by atoms with Gasteiger partial charge in [-0.1, -0.05) is 6.07 Å². The molecule has 0 amide bonds. The maximum absolute atomic E-state index is 11.8. The molecule has 0 aromatic carbocycles. The standard InChI is InChI=1S/C11H13N3O/c1-13(2)7-10(15)11-9-5-3-4-6-14(9)8-12-11/h3-6,8H,7H2,1-2H3. The van der Waals surface area contributed by atoms with Gasteiger partial charge in [0.15, 0.2) is 5.78 Å². The van der Waals surface area contributed by atoms with Crippen molar-refractivity contribution >= 4 is 11.3 Å². The molecule has 0 radical (unpaired) electrons. The van der Waals surface area contributed by atoms with Crippen LogP contribution in [-0.2, 0) is 0 Å². The number of imidazole rings is 1.